The van der Waals surface area contributed by atoms with Gasteiger partial charge in [0.05, 0.1) is 23.6 Å². The Balaban J connectivity index is 0.00000121. The van der Waals surface area contributed by atoms with Crippen LogP contribution in [0.15, 0.2) is 36.9 Å². The van der Waals surface area contributed by atoms with Gasteiger partial charge >= 0.3 is 0 Å². The molecule has 1 fully saturated rings. The van der Waals surface area contributed by atoms with E-state index >= 15 is 0 Å². The van der Waals surface area contributed by atoms with Crippen molar-refractivity contribution in [1.82, 2.24) is 25.0 Å². The van der Waals surface area contributed by atoms with Crippen LogP contribution in [-0.2, 0) is 0 Å². The molecular formula is C14H19Cl2N5O. The van der Waals surface area contributed by atoms with Crippen molar-refractivity contribution < 1.29 is 4.79 Å². The van der Waals surface area contributed by atoms with Crippen LogP contribution in [0.5, 0.6) is 0 Å². The van der Waals surface area contributed by atoms with E-state index in [0.29, 0.717) is 5.56 Å². The third-order valence-corrected chi connectivity index (χ3v) is 3.50. The molecule has 0 aliphatic carbocycles. The van der Waals surface area contributed by atoms with Crippen molar-refractivity contribution in [2.24, 2.45) is 0 Å². The molecule has 0 bridgehead atoms. The van der Waals surface area contributed by atoms with Crippen LogP contribution in [0.4, 0.5) is 0 Å². The highest BCUT2D eigenvalue weighted by Gasteiger charge is 2.24. The molecule has 3 heterocycles. The molecule has 8 heteroatoms. The second-order valence-electron chi connectivity index (χ2n) is 4.94. The molecule has 2 aromatic heterocycles. The molecule has 0 spiro atoms. The van der Waals surface area contributed by atoms with Gasteiger partial charge in [-0.15, -0.1) is 24.8 Å². The van der Waals surface area contributed by atoms with E-state index in [4.69, 9.17) is 0 Å². The lowest BCUT2D eigenvalue weighted by Gasteiger charge is -2.33. The first-order chi connectivity index (χ1) is 9.75. The van der Waals surface area contributed by atoms with Crippen LogP contribution in [0.3, 0.4) is 0 Å². The molecule has 2 aromatic rings. The molecule has 1 aliphatic rings. The fraction of sp³-hybridized carbons (Fsp3) is 0.357. The fourth-order valence-corrected chi connectivity index (χ4v) is 2.37. The summed E-state index contributed by atoms with van der Waals surface area (Å²) in [7, 11) is 0. The monoisotopic (exact) mass is 343 g/mol. The Morgan fingerprint density at radius 1 is 1.36 bits per heavy atom. The molecule has 1 atom stereocenters. The van der Waals surface area contributed by atoms with E-state index in [0.717, 1.165) is 25.3 Å². The third kappa shape index (κ3) is 3.76. The average Bonchev–Trinajstić information content (AvgIpc) is 2.98. The van der Waals surface area contributed by atoms with Crippen LogP contribution in [-0.4, -0.2) is 51.2 Å². The molecule has 0 saturated carbocycles. The van der Waals surface area contributed by atoms with E-state index < -0.39 is 0 Å². The maximum atomic E-state index is 12.5. The fourth-order valence-electron chi connectivity index (χ4n) is 2.37. The van der Waals surface area contributed by atoms with Gasteiger partial charge in [-0.1, -0.05) is 0 Å². The summed E-state index contributed by atoms with van der Waals surface area (Å²) in [6, 6.07) is 3.96. The molecule has 1 saturated heterocycles. The Morgan fingerprint density at radius 3 is 2.86 bits per heavy atom. The van der Waals surface area contributed by atoms with Crippen LogP contribution < -0.4 is 5.32 Å². The highest BCUT2D eigenvalue weighted by Crippen LogP contribution is 2.12. The van der Waals surface area contributed by atoms with Gasteiger partial charge in [0.2, 0.25) is 0 Å². The van der Waals surface area contributed by atoms with Crippen LogP contribution in [0.2, 0.25) is 0 Å². The number of aromatic nitrogens is 3. The van der Waals surface area contributed by atoms with Crippen molar-refractivity contribution in [3.8, 4) is 5.69 Å². The summed E-state index contributed by atoms with van der Waals surface area (Å²) in [5.41, 5.74) is 1.46. The number of carbonyl (C=O) groups excluding carboxylic acids is 1. The smallest absolute Gasteiger partial charge is 0.257 e. The lowest BCUT2D eigenvalue weighted by atomic mass is 10.2. The number of pyridine rings is 1. The number of piperazine rings is 1. The minimum absolute atomic E-state index is 0. The van der Waals surface area contributed by atoms with Crippen molar-refractivity contribution >= 4 is 30.7 Å². The van der Waals surface area contributed by atoms with Gasteiger partial charge in [0, 0.05) is 38.1 Å². The number of hydrogen-bond donors (Lipinski definition) is 1. The number of rotatable bonds is 2. The molecule has 1 amide bonds. The predicted octanol–water partition coefficient (Wildman–Crippen LogP) is 1.54. The normalized spacial score (nSPS) is 17.3. The molecule has 120 valence electrons. The van der Waals surface area contributed by atoms with E-state index in [1.807, 2.05) is 17.0 Å². The Morgan fingerprint density at radius 2 is 2.18 bits per heavy atom. The number of nitrogens with one attached hydrogen (secondary N) is 1. The van der Waals surface area contributed by atoms with Gasteiger partial charge < -0.3 is 10.2 Å². The Hall–Kier alpha value is -1.63. The van der Waals surface area contributed by atoms with Gasteiger partial charge in [-0.2, -0.15) is 5.10 Å². The zero-order valence-electron chi connectivity index (χ0n) is 12.2. The molecule has 0 radical (unpaired) electrons. The van der Waals surface area contributed by atoms with E-state index in [1.165, 1.54) is 0 Å². The maximum Gasteiger partial charge on any atom is 0.257 e. The Labute approximate surface area is 141 Å². The first-order valence-electron chi connectivity index (χ1n) is 6.72. The van der Waals surface area contributed by atoms with Crippen LogP contribution in [0.1, 0.15) is 17.3 Å². The number of hydrogen-bond acceptors (Lipinski definition) is 4. The minimum atomic E-state index is 0. The summed E-state index contributed by atoms with van der Waals surface area (Å²) in [6.07, 6.45) is 6.80. The van der Waals surface area contributed by atoms with Gasteiger partial charge in [0.1, 0.15) is 0 Å². The largest absolute Gasteiger partial charge is 0.333 e. The molecule has 3 rings (SSSR count). The van der Waals surface area contributed by atoms with Crippen molar-refractivity contribution in [2.45, 2.75) is 13.0 Å². The quantitative estimate of drug-likeness (QED) is 0.898. The van der Waals surface area contributed by atoms with E-state index in [9.17, 15) is 4.79 Å². The summed E-state index contributed by atoms with van der Waals surface area (Å²) in [6.45, 7) is 4.46. The van der Waals surface area contributed by atoms with E-state index in [1.54, 1.807) is 29.5 Å². The summed E-state index contributed by atoms with van der Waals surface area (Å²) in [4.78, 5) is 18.4. The molecule has 22 heavy (non-hydrogen) atoms. The van der Waals surface area contributed by atoms with Gasteiger partial charge in [-0.3, -0.25) is 9.78 Å². The first-order valence-corrected chi connectivity index (χ1v) is 6.72. The van der Waals surface area contributed by atoms with Crippen molar-refractivity contribution in [3.05, 3.63) is 42.5 Å². The first kappa shape index (κ1) is 18.4. The summed E-state index contributed by atoms with van der Waals surface area (Å²) in [5, 5.41) is 7.52. The summed E-state index contributed by atoms with van der Waals surface area (Å²) in [5.74, 6) is 0.0362. The average molecular weight is 344 g/mol. The predicted molar refractivity (Wildman–Crippen MR) is 89.2 cm³/mol. The zero-order valence-corrected chi connectivity index (χ0v) is 13.8. The maximum absolute atomic E-state index is 12.5. The molecule has 0 unspecified atom stereocenters. The molecule has 1 N–H and O–H groups in total. The number of nitrogens with zero attached hydrogens (tertiary/aromatic N) is 4. The van der Waals surface area contributed by atoms with E-state index in [-0.39, 0.29) is 36.8 Å². The number of halogens is 2. The lowest BCUT2D eigenvalue weighted by molar-refractivity contribution is 0.0656. The standard InChI is InChI=1S/C14H17N5O.2ClH/c1-11-7-16-5-6-18(11)14(20)12-8-17-19(10-12)13-3-2-4-15-9-13;;/h2-4,8-11,16H,5-7H2,1H3;2*1H/t11-;;/m0../s1. The minimum Gasteiger partial charge on any atom is -0.333 e. The number of carbonyl (C=O) groups is 1. The van der Waals surface area contributed by atoms with Gasteiger partial charge in [-0.25, -0.2) is 4.68 Å². The van der Waals surface area contributed by atoms with Crippen molar-refractivity contribution in [1.29, 1.82) is 0 Å². The second-order valence-corrected chi connectivity index (χ2v) is 4.94. The molecule has 1 aliphatic heterocycles. The second kappa shape index (κ2) is 8.12. The lowest BCUT2D eigenvalue weighted by Crippen LogP contribution is -2.52. The number of amides is 1. The van der Waals surface area contributed by atoms with E-state index in [2.05, 4.69) is 22.3 Å². The van der Waals surface area contributed by atoms with Crippen LogP contribution >= 0.6 is 24.8 Å². The topological polar surface area (TPSA) is 63.1 Å². The van der Waals surface area contributed by atoms with Gasteiger partial charge in [0.15, 0.2) is 0 Å². The zero-order chi connectivity index (χ0) is 13.9. The summed E-state index contributed by atoms with van der Waals surface area (Å²) >= 11 is 0. The molecular weight excluding hydrogens is 325 g/mol. The SMILES string of the molecule is C[C@H]1CNCCN1C(=O)c1cnn(-c2cccnc2)c1.Cl.Cl. The van der Waals surface area contributed by atoms with Crippen LogP contribution in [0, 0.1) is 0 Å². The van der Waals surface area contributed by atoms with Gasteiger partial charge in [-0.05, 0) is 19.1 Å². The highest BCUT2D eigenvalue weighted by molar-refractivity contribution is 5.94. The molecule has 0 aromatic carbocycles. The Bertz CT molecular complexity index is 604. The van der Waals surface area contributed by atoms with Gasteiger partial charge in [0.25, 0.3) is 5.91 Å². The van der Waals surface area contributed by atoms with Crippen molar-refractivity contribution in [3.63, 3.8) is 0 Å². The van der Waals surface area contributed by atoms with Crippen LogP contribution in [0.25, 0.3) is 5.69 Å². The third-order valence-electron chi connectivity index (χ3n) is 3.50. The van der Waals surface area contributed by atoms with Crippen molar-refractivity contribution in [2.75, 3.05) is 19.6 Å². The summed E-state index contributed by atoms with van der Waals surface area (Å²) < 4.78 is 1.67. The molecule has 6 nitrogen and oxygen atoms in total. The highest BCUT2D eigenvalue weighted by atomic mass is 35.5. The Kier molecular flexibility index (Phi) is 6.80.